The smallest absolute Gasteiger partial charge is 0.191 e. The summed E-state index contributed by atoms with van der Waals surface area (Å²) in [7, 11) is 0. The first-order valence-corrected chi connectivity index (χ1v) is 10.3. The fourth-order valence-electron chi connectivity index (χ4n) is 3.13. The number of guanidine groups is 1. The molecule has 0 spiro atoms. The molecule has 0 unspecified atom stereocenters. The van der Waals surface area contributed by atoms with Crippen LogP contribution in [-0.2, 0) is 13.0 Å². The van der Waals surface area contributed by atoms with Gasteiger partial charge in [-0.1, -0.05) is 24.3 Å². The first-order valence-electron chi connectivity index (χ1n) is 10.3. The average Bonchev–Trinajstić information content (AvgIpc) is 3.50. The Balaban J connectivity index is 1.35. The molecule has 29 heavy (non-hydrogen) atoms. The van der Waals surface area contributed by atoms with Crippen molar-refractivity contribution in [2.24, 2.45) is 10.9 Å². The number of ether oxygens (including phenoxy) is 1. The summed E-state index contributed by atoms with van der Waals surface area (Å²) in [5, 5.41) is 15.2. The van der Waals surface area contributed by atoms with Crippen molar-refractivity contribution >= 4 is 11.6 Å². The van der Waals surface area contributed by atoms with Gasteiger partial charge in [0, 0.05) is 31.3 Å². The maximum atomic E-state index is 6.00. The fraction of sp³-hybridized carbons (Fsp3) is 0.409. The Bertz CT molecular complexity index is 963. The van der Waals surface area contributed by atoms with Gasteiger partial charge in [0.2, 0.25) is 0 Å². The first-order chi connectivity index (χ1) is 14.3. The highest BCUT2D eigenvalue weighted by molar-refractivity contribution is 5.79. The van der Waals surface area contributed by atoms with E-state index in [1.165, 1.54) is 12.8 Å². The number of rotatable bonds is 9. The summed E-state index contributed by atoms with van der Waals surface area (Å²) >= 11 is 0. The zero-order valence-electron chi connectivity index (χ0n) is 16.8. The lowest BCUT2D eigenvalue weighted by Gasteiger charge is -2.13. The van der Waals surface area contributed by atoms with Crippen molar-refractivity contribution < 1.29 is 4.74 Å². The minimum atomic E-state index is 0.573. The van der Waals surface area contributed by atoms with E-state index in [-0.39, 0.29) is 0 Å². The number of fused-ring (bicyclic) bond motifs is 1. The third-order valence-electron chi connectivity index (χ3n) is 4.92. The molecule has 0 aliphatic heterocycles. The van der Waals surface area contributed by atoms with E-state index in [1.54, 1.807) is 0 Å². The number of para-hydroxylation sites is 1. The molecule has 2 heterocycles. The van der Waals surface area contributed by atoms with Gasteiger partial charge in [-0.25, -0.2) is 4.99 Å². The number of aromatic nitrogens is 3. The van der Waals surface area contributed by atoms with Crippen molar-refractivity contribution in [1.29, 1.82) is 0 Å². The Hall–Kier alpha value is -3.09. The molecule has 0 atom stereocenters. The lowest BCUT2D eigenvalue weighted by Crippen LogP contribution is -2.38. The summed E-state index contributed by atoms with van der Waals surface area (Å²) in [6, 6.07) is 14.1. The second-order valence-corrected chi connectivity index (χ2v) is 7.28. The largest absolute Gasteiger partial charge is 0.493 e. The Labute approximate surface area is 171 Å². The molecule has 1 fully saturated rings. The number of hydrogen-bond donors (Lipinski definition) is 2. The van der Waals surface area contributed by atoms with Gasteiger partial charge in [-0.05, 0) is 43.9 Å². The highest BCUT2D eigenvalue weighted by Crippen LogP contribution is 2.30. The molecule has 1 aromatic carbocycles. The summed E-state index contributed by atoms with van der Waals surface area (Å²) < 4.78 is 8.01. The van der Waals surface area contributed by atoms with Crippen LogP contribution in [0.5, 0.6) is 5.75 Å². The van der Waals surface area contributed by atoms with Gasteiger partial charge in [0.1, 0.15) is 11.6 Å². The van der Waals surface area contributed by atoms with Gasteiger partial charge in [-0.2, -0.15) is 0 Å². The van der Waals surface area contributed by atoms with Gasteiger partial charge in [0.15, 0.2) is 11.6 Å². The molecule has 152 valence electrons. The van der Waals surface area contributed by atoms with Crippen molar-refractivity contribution in [3.05, 3.63) is 60.0 Å². The molecule has 1 saturated carbocycles. The van der Waals surface area contributed by atoms with E-state index >= 15 is 0 Å². The third-order valence-corrected chi connectivity index (χ3v) is 4.92. The molecule has 0 bridgehead atoms. The van der Waals surface area contributed by atoms with Crippen LogP contribution in [0.15, 0.2) is 53.7 Å². The van der Waals surface area contributed by atoms with Gasteiger partial charge >= 0.3 is 0 Å². The molecule has 4 rings (SSSR count). The van der Waals surface area contributed by atoms with Crippen LogP contribution < -0.4 is 15.4 Å². The van der Waals surface area contributed by atoms with Gasteiger partial charge in [0.25, 0.3) is 0 Å². The quantitative estimate of drug-likeness (QED) is 0.433. The van der Waals surface area contributed by atoms with E-state index in [4.69, 9.17) is 9.73 Å². The molecule has 1 aliphatic rings. The van der Waals surface area contributed by atoms with Gasteiger partial charge < -0.3 is 15.4 Å². The molecule has 2 aromatic heterocycles. The minimum absolute atomic E-state index is 0.573. The van der Waals surface area contributed by atoms with Crippen molar-refractivity contribution in [1.82, 2.24) is 25.2 Å². The summed E-state index contributed by atoms with van der Waals surface area (Å²) in [5.41, 5.74) is 1.97. The van der Waals surface area contributed by atoms with E-state index in [0.29, 0.717) is 6.54 Å². The van der Waals surface area contributed by atoms with Gasteiger partial charge in [-0.15, -0.1) is 10.2 Å². The summed E-state index contributed by atoms with van der Waals surface area (Å²) in [6.45, 7) is 4.98. The number of hydrogen-bond acceptors (Lipinski definition) is 4. The lowest BCUT2D eigenvalue weighted by molar-refractivity contribution is 0.297. The van der Waals surface area contributed by atoms with Crippen LogP contribution in [-0.4, -0.2) is 40.3 Å². The normalized spacial score (nSPS) is 14.2. The van der Waals surface area contributed by atoms with E-state index in [2.05, 4.69) is 33.8 Å². The Kier molecular flexibility index (Phi) is 6.24. The molecule has 1 aliphatic carbocycles. The summed E-state index contributed by atoms with van der Waals surface area (Å²) in [4.78, 5) is 4.74. The SMILES string of the molecule is CCNC(=NCc1ccccc1OCC1CC1)NCCc1nnc2ccccn12. The second-order valence-electron chi connectivity index (χ2n) is 7.28. The van der Waals surface area contributed by atoms with Gasteiger partial charge in [-0.3, -0.25) is 4.40 Å². The van der Waals surface area contributed by atoms with Crippen LogP contribution in [0.1, 0.15) is 31.2 Å². The number of pyridine rings is 1. The van der Waals surface area contributed by atoms with E-state index < -0.39 is 0 Å². The molecule has 0 amide bonds. The summed E-state index contributed by atoms with van der Waals surface area (Å²) in [5.74, 6) is 3.40. The van der Waals surface area contributed by atoms with Crippen LogP contribution in [0.3, 0.4) is 0 Å². The molecule has 7 heteroatoms. The molecule has 7 nitrogen and oxygen atoms in total. The number of aliphatic imine (C=N–C) groups is 1. The van der Waals surface area contributed by atoms with E-state index in [1.807, 2.05) is 47.0 Å². The molecule has 0 radical (unpaired) electrons. The Morgan fingerprint density at radius 2 is 2.00 bits per heavy atom. The molecule has 0 saturated heterocycles. The molecule has 3 aromatic rings. The maximum absolute atomic E-state index is 6.00. The fourth-order valence-corrected chi connectivity index (χ4v) is 3.13. The summed E-state index contributed by atoms with van der Waals surface area (Å²) in [6.07, 6.45) is 5.32. The van der Waals surface area contributed by atoms with Crippen LogP contribution in [0.4, 0.5) is 0 Å². The molecular formula is C22H28N6O. The van der Waals surface area contributed by atoms with Crippen molar-refractivity contribution in [2.75, 3.05) is 19.7 Å². The highest BCUT2D eigenvalue weighted by atomic mass is 16.5. The van der Waals surface area contributed by atoms with Crippen LogP contribution >= 0.6 is 0 Å². The predicted octanol–water partition coefficient (Wildman–Crippen LogP) is 2.82. The van der Waals surface area contributed by atoms with Crippen molar-refractivity contribution in [3.63, 3.8) is 0 Å². The number of benzene rings is 1. The van der Waals surface area contributed by atoms with Crippen LogP contribution in [0.2, 0.25) is 0 Å². The highest BCUT2D eigenvalue weighted by Gasteiger charge is 2.22. The predicted molar refractivity (Wildman–Crippen MR) is 114 cm³/mol. The lowest BCUT2D eigenvalue weighted by atomic mass is 10.2. The monoisotopic (exact) mass is 392 g/mol. The Morgan fingerprint density at radius 3 is 2.86 bits per heavy atom. The second kappa shape index (κ2) is 9.41. The number of nitrogens with zero attached hydrogens (tertiary/aromatic N) is 4. The average molecular weight is 393 g/mol. The van der Waals surface area contributed by atoms with E-state index in [9.17, 15) is 0 Å². The van der Waals surface area contributed by atoms with Crippen molar-refractivity contribution in [3.8, 4) is 5.75 Å². The molecule has 2 N–H and O–H groups in total. The molecular weight excluding hydrogens is 364 g/mol. The first kappa shape index (κ1) is 19.2. The zero-order valence-corrected chi connectivity index (χ0v) is 16.8. The standard InChI is InChI=1S/C22H28N6O/c1-2-23-22(24-13-12-21-27-26-20-9-5-6-14-28(20)21)25-15-18-7-3-4-8-19(18)29-16-17-10-11-17/h3-9,14,17H,2,10-13,15-16H2,1H3,(H2,23,24,25). The third kappa shape index (κ3) is 5.25. The van der Waals surface area contributed by atoms with Crippen LogP contribution in [0, 0.1) is 5.92 Å². The minimum Gasteiger partial charge on any atom is -0.493 e. The van der Waals surface area contributed by atoms with E-state index in [0.717, 1.165) is 60.8 Å². The zero-order chi connectivity index (χ0) is 19.9. The van der Waals surface area contributed by atoms with Gasteiger partial charge in [0.05, 0.1) is 13.2 Å². The van der Waals surface area contributed by atoms with Crippen molar-refractivity contribution in [2.45, 2.75) is 32.7 Å². The topological polar surface area (TPSA) is 75.8 Å². The maximum Gasteiger partial charge on any atom is 0.191 e. The van der Waals surface area contributed by atoms with Crippen LogP contribution in [0.25, 0.3) is 5.65 Å². The Morgan fingerprint density at radius 1 is 1.14 bits per heavy atom. The number of nitrogens with one attached hydrogen (secondary N) is 2.